The van der Waals surface area contributed by atoms with Crippen LogP contribution in [-0.4, -0.2) is 5.84 Å². The quantitative estimate of drug-likeness (QED) is 0.675. The number of nitrogens with one attached hydrogen (secondary N) is 1. The van der Waals surface area contributed by atoms with Crippen LogP contribution in [0.3, 0.4) is 0 Å². The lowest BCUT2D eigenvalue weighted by Crippen LogP contribution is -2.16. The summed E-state index contributed by atoms with van der Waals surface area (Å²) >= 11 is 0. The largest absolute Gasteiger partial charge is 0.339 e. The number of benzene rings is 3. The van der Waals surface area contributed by atoms with Gasteiger partial charge in [0.1, 0.15) is 5.84 Å². The van der Waals surface area contributed by atoms with Crippen molar-refractivity contribution in [1.29, 1.82) is 0 Å². The molecular formula is C18H14N2. The molecule has 0 unspecified atom stereocenters. The van der Waals surface area contributed by atoms with Gasteiger partial charge in [-0.15, -0.1) is 0 Å². The first-order valence-corrected chi connectivity index (χ1v) is 6.76. The molecule has 2 nitrogen and oxygen atoms in total. The van der Waals surface area contributed by atoms with E-state index in [2.05, 4.69) is 72.9 Å². The van der Waals surface area contributed by atoms with Gasteiger partial charge in [0.25, 0.3) is 0 Å². The lowest BCUT2D eigenvalue weighted by Gasteiger charge is -2.19. The van der Waals surface area contributed by atoms with Crippen LogP contribution in [0.1, 0.15) is 11.1 Å². The first-order chi connectivity index (χ1) is 9.81. The summed E-state index contributed by atoms with van der Waals surface area (Å²) in [7, 11) is 0. The van der Waals surface area contributed by atoms with Crippen molar-refractivity contribution in [2.75, 3.05) is 5.32 Å². The summed E-state index contributed by atoms with van der Waals surface area (Å²) in [5, 5.41) is 5.88. The second kappa shape index (κ2) is 4.20. The zero-order valence-corrected chi connectivity index (χ0v) is 11.2. The summed E-state index contributed by atoms with van der Waals surface area (Å²) < 4.78 is 0. The molecule has 0 saturated carbocycles. The second-order valence-corrected chi connectivity index (χ2v) is 5.14. The van der Waals surface area contributed by atoms with Crippen LogP contribution in [-0.2, 0) is 0 Å². The summed E-state index contributed by atoms with van der Waals surface area (Å²) in [6, 6.07) is 21.0. The first kappa shape index (κ1) is 11.2. The third-order valence-electron chi connectivity index (χ3n) is 3.66. The van der Waals surface area contributed by atoms with E-state index in [1.807, 2.05) is 0 Å². The van der Waals surface area contributed by atoms with Crippen molar-refractivity contribution in [3.63, 3.8) is 0 Å². The van der Waals surface area contributed by atoms with Crippen molar-refractivity contribution in [2.45, 2.75) is 6.92 Å². The van der Waals surface area contributed by atoms with E-state index in [9.17, 15) is 0 Å². The average Bonchev–Trinajstić information content (AvgIpc) is 2.48. The van der Waals surface area contributed by atoms with Crippen LogP contribution in [0.15, 0.2) is 65.7 Å². The van der Waals surface area contributed by atoms with E-state index in [4.69, 9.17) is 4.99 Å². The van der Waals surface area contributed by atoms with Crippen molar-refractivity contribution in [1.82, 2.24) is 0 Å². The smallest absolute Gasteiger partial charge is 0.138 e. The highest BCUT2D eigenvalue weighted by atomic mass is 15.0. The molecule has 20 heavy (non-hydrogen) atoms. The number of hydrogen-bond donors (Lipinski definition) is 1. The van der Waals surface area contributed by atoms with Crippen molar-refractivity contribution < 1.29 is 0 Å². The fraction of sp³-hybridized carbons (Fsp3) is 0.0556. The molecule has 0 saturated heterocycles. The molecule has 1 aliphatic heterocycles. The Labute approximate surface area is 117 Å². The third-order valence-corrected chi connectivity index (χ3v) is 3.66. The van der Waals surface area contributed by atoms with Gasteiger partial charge in [-0.25, -0.2) is 4.99 Å². The standard InChI is InChI=1S/C18H14N2/c1-12-5-2-8-14(11-12)18-19-15-9-3-6-13-7-4-10-16(20-18)17(13)15/h2-11H,1H3,(H,19,20). The van der Waals surface area contributed by atoms with E-state index in [1.165, 1.54) is 16.3 Å². The Bertz CT molecular complexity index is 842. The highest BCUT2D eigenvalue weighted by molar-refractivity contribution is 6.18. The molecule has 1 N–H and O–H groups in total. The first-order valence-electron chi connectivity index (χ1n) is 6.76. The topological polar surface area (TPSA) is 24.4 Å². The number of amidine groups is 1. The van der Waals surface area contributed by atoms with Crippen LogP contribution < -0.4 is 5.32 Å². The Kier molecular flexibility index (Phi) is 2.36. The second-order valence-electron chi connectivity index (χ2n) is 5.14. The normalized spacial score (nSPS) is 12.9. The predicted molar refractivity (Wildman–Crippen MR) is 84.9 cm³/mol. The van der Waals surface area contributed by atoms with E-state index < -0.39 is 0 Å². The summed E-state index contributed by atoms with van der Waals surface area (Å²) in [6.07, 6.45) is 0. The molecule has 0 bridgehead atoms. The van der Waals surface area contributed by atoms with Gasteiger partial charge in [-0.1, -0.05) is 48.0 Å². The molecule has 0 aliphatic carbocycles. The summed E-state index contributed by atoms with van der Waals surface area (Å²) in [6.45, 7) is 2.10. The number of aryl methyl sites for hydroxylation is 1. The van der Waals surface area contributed by atoms with Gasteiger partial charge in [0, 0.05) is 16.6 Å². The van der Waals surface area contributed by atoms with Gasteiger partial charge in [-0.2, -0.15) is 0 Å². The van der Waals surface area contributed by atoms with Crippen LogP contribution in [0, 0.1) is 6.92 Å². The molecule has 0 spiro atoms. The van der Waals surface area contributed by atoms with Crippen LogP contribution in [0.5, 0.6) is 0 Å². The number of hydrogen-bond acceptors (Lipinski definition) is 2. The number of rotatable bonds is 1. The molecule has 3 aromatic rings. The monoisotopic (exact) mass is 258 g/mol. The van der Waals surface area contributed by atoms with Gasteiger partial charge in [0.05, 0.1) is 5.69 Å². The fourth-order valence-corrected chi connectivity index (χ4v) is 2.72. The maximum Gasteiger partial charge on any atom is 0.138 e. The number of aliphatic imine (C=N–C) groups is 1. The van der Waals surface area contributed by atoms with Crippen molar-refractivity contribution in [2.24, 2.45) is 4.99 Å². The van der Waals surface area contributed by atoms with Gasteiger partial charge in [-0.3, -0.25) is 0 Å². The Morgan fingerprint density at radius 1 is 0.900 bits per heavy atom. The Morgan fingerprint density at radius 3 is 2.55 bits per heavy atom. The summed E-state index contributed by atoms with van der Waals surface area (Å²) in [4.78, 5) is 4.78. The van der Waals surface area contributed by atoms with E-state index in [0.717, 1.165) is 22.8 Å². The van der Waals surface area contributed by atoms with E-state index >= 15 is 0 Å². The molecule has 1 heterocycles. The molecule has 0 aromatic heterocycles. The minimum absolute atomic E-state index is 0.917. The van der Waals surface area contributed by atoms with Crippen LogP contribution in [0.25, 0.3) is 10.8 Å². The minimum atomic E-state index is 0.917. The van der Waals surface area contributed by atoms with E-state index in [0.29, 0.717) is 0 Å². The summed E-state index contributed by atoms with van der Waals surface area (Å²) in [5.41, 5.74) is 4.53. The van der Waals surface area contributed by atoms with Crippen LogP contribution >= 0.6 is 0 Å². The molecule has 2 heteroatoms. The lowest BCUT2D eigenvalue weighted by molar-refractivity contribution is 1.42. The highest BCUT2D eigenvalue weighted by Crippen LogP contribution is 2.36. The lowest BCUT2D eigenvalue weighted by atomic mass is 10.0. The molecule has 1 aliphatic rings. The zero-order valence-electron chi connectivity index (χ0n) is 11.2. The maximum absolute atomic E-state index is 4.78. The Hall–Kier alpha value is -2.61. The number of anilines is 1. The van der Waals surface area contributed by atoms with Gasteiger partial charge < -0.3 is 5.32 Å². The average molecular weight is 258 g/mol. The van der Waals surface area contributed by atoms with Crippen LogP contribution in [0.4, 0.5) is 11.4 Å². The predicted octanol–water partition coefficient (Wildman–Crippen LogP) is 4.65. The van der Waals surface area contributed by atoms with Gasteiger partial charge in [-0.05, 0) is 30.5 Å². The molecule has 0 radical (unpaired) electrons. The van der Waals surface area contributed by atoms with E-state index in [1.54, 1.807) is 0 Å². The minimum Gasteiger partial charge on any atom is -0.339 e. The van der Waals surface area contributed by atoms with Gasteiger partial charge in [0.2, 0.25) is 0 Å². The molecular weight excluding hydrogens is 244 g/mol. The summed E-state index contributed by atoms with van der Waals surface area (Å²) in [5.74, 6) is 0.917. The van der Waals surface area contributed by atoms with Gasteiger partial charge >= 0.3 is 0 Å². The molecule has 4 rings (SSSR count). The molecule has 3 aromatic carbocycles. The van der Waals surface area contributed by atoms with Crippen LogP contribution in [0.2, 0.25) is 0 Å². The fourth-order valence-electron chi connectivity index (χ4n) is 2.72. The maximum atomic E-state index is 4.78. The van der Waals surface area contributed by atoms with Crippen molar-refractivity contribution in [3.05, 3.63) is 71.8 Å². The Morgan fingerprint density at radius 2 is 1.70 bits per heavy atom. The zero-order chi connectivity index (χ0) is 13.5. The molecule has 96 valence electrons. The SMILES string of the molecule is Cc1cccc(C2=Nc3cccc4cccc(c34)N2)c1. The molecule has 0 fully saturated rings. The third kappa shape index (κ3) is 1.69. The van der Waals surface area contributed by atoms with Crippen molar-refractivity contribution >= 4 is 28.0 Å². The molecule has 0 amide bonds. The highest BCUT2D eigenvalue weighted by Gasteiger charge is 2.15. The number of nitrogens with zero attached hydrogens (tertiary/aromatic N) is 1. The van der Waals surface area contributed by atoms with Crippen molar-refractivity contribution in [3.8, 4) is 0 Å². The van der Waals surface area contributed by atoms with Gasteiger partial charge in [0.15, 0.2) is 0 Å². The molecule has 0 atom stereocenters. The van der Waals surface area contributed by atoms with E-state index in [-0.39, 0.29) is 0 Å². The Balaban J connectivity index is 1.94.